The molecule has 0 radical (unpaired) electrons. The fourth-order valence-electron chi connectivity index (χ4n) is 9.06. The molecule has 0 unspecified atom stereocenters. The van der Waals surface area contributed by atoms with E-state index >= 15 is 0 Å². The number of benzene rings is 4. The Balaban J connectivity index is 0.000000164. The van der Waals surface area contributed by atoms with E-state index in [0.29, 0.717) is 29.8 Å². The van der Waals surface area contributed by atoms with E-state index in [2.05, 4.69) is 87.0 Å². The molecule has 0 aliphatic carbocycles. The molecule has 0 amide bonds. The third-order valence-electron chi connectivity index (χ3n) is 12.8. The summed E-state index contributed by atoms with van der Waals surface area (Å²) < 4.78 is 30.9. The van der Waals surface area contributed by atoms with Gasteiger partial charge in [0, 0.05) is 111 Å². The van der Waals surface area contributed by atoms with Gasteiger partial charge in [-0.2, -0.15) is 15.5 Å². The highest BCUT2D eigenvalue weighted by molar-refractivity contribution is 6.00. The standard InChI is InChI=1S/C25H26F2N6.C25H25N7/c1-31(16-17-7-8-18(26)15-22(17)27)19-10-13-33(14-11-19)25-21-6-4-3-5-20(21)24(29-30-25)23-9-12-28-32(23)2;1-31-23(10-13-28-31)24-21-4-2-3-5-22(21)25(30-29-24)32-14-11-20(12-15-32)27-17-19-8-6-18(16-26)7-9-19/h3-9,12,15,19H,10-11,13-14,16H2,1-2H3;2-10,13,20,27H,11-12,14-15,17H2,1H3. The van der Waals surface area contributed by atoms with Crippen LogP contribution in [0.1, 0.15) is 42.4 Å². The van der Waals surface area contributed by atoms with Crippen LogP contribution in [0.15, 0.2) is 116 Å². The van der Waals surface area contributed by atoms with Crippen LogP contribution in [-0.2, 0) is 27.2 Å². The fraction of sp³-hybridized carbons (Fsp3) is 0.300. The molecule has 2 aliphatic rings. The second-order valence-electron chi connectivity index (χ2n) is 16.8. The van der Waals surface area contributed by atoms with Gasteiger partial charge in [0.25, 0.3) is 0 Å². The molecule has 330 valence electrons. The van der Waals surface area contributed by atoms with E-state index in [0.717, 1.165) is 120 Å². The molecule has 1 N–H and O–H groups in total. The number of aromatic nitrogens is 8. The zero-order chi connectivity index (χ0) is 44.9. The zero-order valence-corrected chi connectivity index (χ0v) is 36.8. The Morgan fingerprint density at radius 1 is 0.662 bits per heavy atom. The van der Waals surface area contributed by atoms with E-state index < -0.39 is 11.6 Å². The van der Waals surface area contributed by atoms with Gasteiger partial charge in [0.05, 0.1) is 23.0 Å². The van der Waals surface area contributed by atoms with Crippen LogP contribution in [-0.4, -0.2) is 90.2 Å². The van der Waals surface area contributed by atoms with Crippen LogP contribution < -0.4 is 15.1 Å². The molecular formula is C50H51F2N13. The minimum Gasteiger partial charge on any atom is -0.354 e. The Bertz CT molecular complexity index is 2940. The topological polar surface area (TPSA) is 133 Å². The number of hydrogen-bond donors (Lipinski definition) is 1. The summed E-state index contributed by atoms with van der Waals surface area (Å²) in [5.41, 5.74) is 6.00. The molecule has 6 heterocycles. The summed E-state index contributed by atoms with van der Waals surface area (Å²) in [5.74, 6) is 0.809. The number of nitriles is 1. The van der Waals surface area contributed by atoms with E-state index in [4.69, 9.17) is 5.26 Å². The fourth-order valence-corrected chi connectivity index (χ4v) is 9.06. The number of rotatable bonds is 10. The summed E-state index contributed by atoms with van der Waals surface area (Å²) in [6.07, 6.45) is 7.51. The van der Waals surface area contributed by atoms with E-state index in [1.54, 1.807) is 17.1 Å². The number of nitrogens with one attached hydrogen (secondary N) is 1. The molecule has 0 atom stereocenters. The molecule has 13 nitrogen and oxygen atoms in total. The molecule has 2 fully saturated rings. The van der Waals surface area contributed by atoms with Gasteiger partial charge in [-0.3, -0.25) is 14.3 Å². The Labute approximate surface area is 376 Å². The van der Waals surface area contributed by atoms with Crippen molar-refractivity contribution in [2.45, 2.75) is 50.9 Å². The van der Waals surface area contributed by atoms with Crippen molar-refractivity contribution < 1.29 is 8.78 Å². The summed E-state index contributed by atoms with van der Waals surface area (Å²) in [6.45, 7) is 4.83. The number of nitrogens with zero attached hydrogens (tertiary/aromatic N) is 12. The molecule has 0 spiro atoms. The summed E-state index contributed by atoms with van der Waals surface area (Å²) in [7, 11) is 5.83. The maximum atomic E-state index is 14.1. The molecule has 2 saturated heterocycles. The minimum absolute atomic E-state index is 0.318. The summed E-state index contributed by atoms with van der Waals surface area (Å²) in [5, 5.41) is 44.0. The number of anilines is 2. The number of halogens is 2. The maximum absolute atomic E-state index is 14.1. The lowest BCUT2D eigenvalue weighted by atomic mass is 10.0. The van der Waals surface area contributed by atoms with Crippen molar-refractivity contribution in [3.8, 4) is 28.8 Å². The SMILES string of the molecule is CN(Cc1ccc(F)cc1F)C1CCN(c2nnc(-c3ccnn3C)c3ccccc23)CC1.Cn1nccc1-c1nnc(N2CCC(NCc3ccc(C#N)cc3)CC2)c2ccccc12. The summed E-state index contributed by atoms with van der Waals surface area (Å²) in [6, 6.07) is 35.0. The van der Waals surface area contributed by atoms with Crippen molar-refractivity contribution in [3.05, 3.63) is 144 Å². The van der Waals surface area contributed by atoms with E-state index in [1.807, 2.05) is 80.4 Å². The normalized spacial score (nSPS) is 14.8. The first kappa shape index (κ1) is 43.1. The Morgan fingerprint density at radius 2 is 1.18 bits per heavy atom. The number of hydrogen-bond acceptors (Lipinski definition) is 11. The van der Waals surface area contributed by atoms with Crippen molar-refractivity contribution in [3.63, 3.8) is 0 Å². The van der Waals surface area contributed by atoms with Gasteiger partial charge in [-0.1, -0.05) is 66.7 Å². The van der Waals surface area contributed by atoms with Gasteiger partial charge in [0.15, 0.2) is 11.6 Å². The van der Waals surface area contributed by atoms with Crippen molar-refractivity contribution in [2.24, 2.45) is 14.1 Å². The quantitative estimate of drug-likeness (QED) is 0.143. The Morgan fingerprint density at radius 3 is 1.68 bits per heavy atom. The van der Waals surface area contributed by atoms with Crippen molar-refractivity contribution in [1.82, 2.24) is 50.2 Å². The largest absolute Gasteiger partial charge is 0.354 e. The smallest absolute Gasteiger partial charge is 0.159 e. The van der Waals surface area contributed by atoms with Crippen LogP contribution in [0.3, 0.4) is 0 Å². The molecule has 0 saturated carbocycles. The molecule has 4 aromatic heterocycles. The highest BCUT2D eigenvalue weighted by Gasteiger charge is 2.27. The predicted molar refractivity (Wildman–Crippen MR) is 250 cm³/mol. The first-order chi connectivity index (χ1) is 31.7. The van der Waals surface area contributed by atoms with Gasteiger partial charge < -0.3 is 15.1 Å². The zero-order valence-electron chi connectivity index (χ0n) is 36.8. The summed E-state index contributed by atoms with van der Waals surface area (Å²) >= 11 is 0. The van der Waals surface area contributed by atoms with Crippen LogP contribution in [0, 0.1) is 23.0 Å². The molecule has 2 aliphatic heterocycles. The third-order valence-corrected chi connectivity index (χ3v) is 12.8. The number of aryl methyl sites for hydroxylation is 2. The van der Waals surface area contributed by atoms with Crippen LogP contribution in [0.25, 0.3) is 44.3 Å². The van der Waals surface area contributed by atoms with Gasteiger partial charge in [0.2, 0.25) is 0 Å². The van der Waals surface area contributed by atoms with Gasteiger partial charge >= 0.3 is 0 Å². The van der Waals surface area contributed by atoms with E-state index in [9.17, 15) is 8.78 Å². The minimum atomic E-state index is -0.546. The number of piperidine rings is 2. The van der Waals surface area contributed by atoms with Gasteiger partial charge in [-0.25, -0.2) is 8.78 Å². The van der Waals surface area contributed by atoms with Crippen molar-refractivity contribution in [2.75, 3.05) is 43.0 Å². The monoisotopic (exact) mass is 871 g/mol. The Hall–Kier alpha value is -7.15. The highest BCUT2D eigenvalue weighted by Crippen LogP contribution is 2.34. The molecule has 15 heteroatoms. The lowest BCUT2D eigenvalue weighted by Crippen LogP contribution is -2.43. The van der Waals surface area contributed by atoms with E-state index in [1.165, 1.54) is 17.7 Å². The first-order valence-corrected chi connectivity index (χ1v) is 22.1. The summed E-state index contributed by atoms with van der Waals surface area (Å²) in [4.78, 5) is 6.79. The second kappa shape index (κ2) is 19.3. The van der Waals surface area contributed by atoms with Crippen LogP contribution in [0.4, 0.5) is 20.4 Å². The lowest BCUT2D eigenvalue weighted by Gasteiger charge is -2.37. The van der Waals surface area contributed by atoms with Gasteiger partial charge in [-0.15, -0.1) is 20.4 Å². The second-order valence-corrected chi connectivity index (χ2v) is 16.8. The highest BCUT2D eigenvalue weighted by atomic mass is 19.1. The molecule has 0 bridgehead atoms. The third kappa shape index (κ3) is 9.41. The predicted octanol–water partition coefficient (Wildman–Crippen LogP) is 8.07. The van der Waals surface area contributed by atoms with Crippen LogP contribution in [0.5, 0.6) is 0 Å². The van der Waals surface area contributed by atoms with Crippen molar-refractivity contribution >= 4 is 33.2 Å². The van der Waals surface area contributed by atoms with E-state index in [-0.39, 0.29) is 0 Å². The molecular weight excluding hydrogens is 821 g/mol. The molecule has 65 heavy (non-hydrogen) atoms. The molecule has 4 aromatic carbocycles. The van der Waals surface area contributed by atoms with Crippen LogP contribution >= 0.6 is 0 Å². The van der Waals surface area contributed by atoms with Crippen molar-refractivity contribution in [1.29, 1.82) is 5.26 Å². The maximum Gasteiger partial charge on any atom is 0.159 e. The first-order valence-electron chi connectivity index (χ1n) is 22.1. The van der Waals surface area contributed by atoms with Gasteiger partial charge in [-0.05, 0) is 68.6 Å². The lowest BCUT2D eigenvalue weighted by molar-refractivity contribution is 0.198. The average molecular weight is 872 g/mol. The van der Waals surface area contributed by atoms with Gasteiger partial charge in [0.1, 0.15) is 23.0 Å². The molecule has 10 rings (SSSR count). The molecule has 8 aromatic rings. The number of fused-ring (bicyclic) bond motifs is 2. The Kier molecular flexibility index (Phi) is 12.8. The van der Waals surface area contributed by atoms with Crippen LogP contribution in [0.2, 0.25) is 0 Å². The average Bonchev–Trinajstić information content (AvgIpc) is 3.98.